The van der Waals surface area contributed by atoms with Gasteiger partial charge in [-0.15, -0.1) is 0 Å². The number of anilines is 2. The second-order valence-electron chi connectivity index (χ2n) is 7.82. The highest BCUT2D eigenvalue weighted by Gasteiger charge is 2.16. The number of fused-ring (bicyclic) bond motifs is 1. The SMILES string of the molecule is COc1cc(NC(=O)c2ccccc2)c(OC)cc1NC(=O)COc1ccc2c(C)cc(=O)oc2c1. The van der Waals surface area contributed by atoms with Gasteiger partial charge in [-0.2, -0.15) is 0 Å². The molecule has 0 spiro atoms. The summed E-state index contributed by atoms with van der Waals surface area (Å²) < 4.78 is 21.6. The summed E-state index contributed by atoms with van der Waals surface area (Å²) >= 11 is 0. The third-order valence-electron chi connectivity index (χ3n) is 5.37. The number of ether oxygens (including phenoxy) is 3. The first-order chi connectivity index (χ1) is 17.4. The average molecular weight is 488 g/mol. The summed E-state index contributed by atoms with van der Waals surface area (Å²) in [5, 5.41) is 6.29. The molecule has 0 atom stereocenters. The van der Waals surface area contributed by atoms with E-state index in [1.165, 1.54) is 20.3 Å². The van der Waals surface area contributed by atoms with E-state index < -0.39 is 11.5 Å². The van der Waals surface area contributed by atoms with Crippen LogP contribution in [0.2, 0.25) is 0 Å². The van der Waals surface area contributed by atoms with Gasteiger partial charge in [0.05, 0.1) is 25.6 Å². The summed E-state index contributed by atoms with van der Waals surface area (Å²) in [5.41, 5.74) is 1.90. The summed E-state index contributed by atoms with van der Waals surface area (Å²) in [7, 11) is 2.90. The van der Waals surface area contributed by atoms with E-state index in [1.807, 2.05) is 13.0 Å². The molecule has 0 aliphatic heterocycles. The van der Waals surface area contributed by atoms with E-state index in [0.717, 1.165) is 10.9 Å². The topological polar surface area (TPSA) is 116 Å². The van der Waals surface area contributed by atoms with Crippen molar-refractivity contribution in [3.63, 3.8) is 0 Å². The fraction of sp³-hybridized carbons (Fsp3) is 0.148. The van der Waals surface area contributed by atoms with Gasteiger partial charge in [0.25, 0.3) is 11.8 Å². The third-order valence-corrected chi connectivity index (χ3v) is 5.37. The van der Waals surface area contributed by atoms with Gasteiger partial charge in [0.1, 0.15) is 22.8 Å². The molecule has 9 heteroatoms. The lowest BCUT2D eigenvalue weighted by molar-refractivity contribution is -0.118. The van der Waals surface area contributed by atoms with Crippen molar-refractivity contribution in [2.45, 2.75) is 6.92 Å². The van der Waals surface area contributed by atoms with E-state index in [1.54, 1.807) is 54.6 Å². The van der Waals surface area contributed by atoms with Gasteiger partial charge in [-0.1, -0.05) is 18.2 Å². The maximum absolute atomic E-state index is 12.6. The zero-order valence-electron chi connectivity index (χ0n) is 19.9. The molecule has 4 rings (SSSR count). The molecule has 0 radical (unpaired) electrons. The zero-order valence-corrected chi connectivity index (χ0v) is 19.9. The van der Waals surface area contributed by atoms with Gasteiger partial charge < -0.3 is 29.3 Å². The molecule has 4 aromatic rings. The molecule has 0 bridgehead atoms. The predicted octanol–water partition coefficient (Wildman–Crippen LogP) is 4.39. The summed E-state index contributed by atoms with van der Waals surface area (Å²) in [6.45, 7) is 1.51. The number of aryl methyl sites for hydroxylation is 1. The highest BCUT2D eigenvalue weighted by Crippen LogP contribution is 2.36. The summed E-state index contributed by atoms with van der Waals surface area (Å²) in [6.07, 6.45) is 0. The van der Waals surface area contributed by atoms with Crippen molar-refractivity contribution in [1.29, 1.82) is 0 Å². The minimum Gasteiger partial charge on any atom is -0.494 e. The number of hydrogen-bond acceptors (Lipinski definition) is 7. The molecule has 0 saturated heterocycles. The van der Waals surface area contributed by atoms with Crippen LogP contribution in [-0.2, 0) is 4.79 Å². The standard InChI is InChI=1S/C27H24N2O7/c1-16-11-26(31)36-22-12-18(9-10-19(16)22)35-15-25(30)28-20-13-24(34-3)21(14-23(20)33-2)29-27(32)17-7-5-4-6-8-17/h4-14H,15H2,1-3H3,(H,28,30)(H,29,32). The van der Waals surface area contributed by atoms with Crippen LogP contribution in [0.5, 0.6) is 17.2 Å². The number of rotatable bonds is 8. The molecule has 1 heterocycles. The lowest BCUT2D eigenvalue weighted by Gasteiger charge is -2.16. The van der Waals surface area contributed by atoms with Crippen LogP contribution in [0.4, 0.5) is 11.4 Å². The maximum atomic E-state index is 12.6. The number of methoxy groups -OCH3 is 2. The molecule has 0 aliphatic rings. The Morgan fingerprint density at radius 3 is 2.19 bits per heavy atom. The Hall–Kier alpha value is -4.79. The smallest absolute Gasteiger partial charge is 0.336 e. The number of carbonyl (C=O) groups excluding carboxylic acids is 2. The summed E-state index contributed by atoms with van der Waals surface area (Å²) in [5.74, 6) is 0.242. The van der Waals surface area contributed by atoms with Gasteiger partial charge >= 0.3 is 5.63 Å². The molecule has 184 valence electrons. The lowest BCUT2D eigenvalue weighted by atomic mass is 10.1. The van der Waals surface area contributed by atoms with Gasteiger partial charge in [0, 0.05) is 35.2 Å². The summed E-state index contributed by atoms with van der Waals surface area (Å²) in [6, 6.07) is 18.3. The molecular weight excluding hydrogens is 464 g/mol. The molecule has 3 aromatic carbocycles. The number of carbonyl (C=O) groups is 2. The van der Waals surface area contributed by atoms with Gasteiger partial charge in [-0.3, -0.25) is 9.59 Å². The zero-order chi connectivity index (χ0) is 25.7. The molecule has 0 aliphatic carbocycles. The van der Waals surface area contributed by atoms with Crippen LogP contribution in [-0.4, -0.2) is 32.6 Å². The monoisotopic (exact) mass is 488 g/mol. The van der Waals surface area contributed by atoms with Crippen LogP contribution in [0.25, 0.3) is 11.0 Å². The molecule has 0 fully saturated rings. The molecule has 9 nitrogen and oxygen atoms in total. The first-order valence-electron chi connectivity index (χ1n) is 11.0. The molecule has 1 aromatic heterocycles. The largest absolute Gasteiger partial charge is 0.494 e. The lowest BCUT2D eigenvalue weighted by Crippen LogP contribution is -2.21. The van der Waals surface area contributed by atoms with Crippen molar-refractivity contribution in [2.24, 2.45) is 0 Å². The normalized spacial score (nSPS) is 10.5. The minimum atomic E-state index is -0.459. The van der Waals surface area contributed by atoms with Crippen LogP contribution in [0.15, 0.2) is 75.9 Å². The van der Waals surface area contributed by atoms with Crippen molar-refractivity contribution in [1.82, 2.24) is 0 Å². The van der Waals surface area contributed by atoms with Crippen LogP contribution in [0, 0.1) is 6.92 Å². The first kappa shape index (κ1) is 24.3. The second kappa shape index (κ2) is 10.6. The Balaban J connectivity index is 1.47. The fourth-order valence-electron chi connectivity index (χ4n) is 3.61. The van der Waals surface area contributed by atoms with Crippen molar-refractivity contribution < 1.29 is 28.2 Å². The maximum Gasteiger partial charge on any atom is 0.336 e. The Bertz CT molecular complexity index is 1480. The molecule has 36 heavy (non-hydrogen) atoms. The number of amides is 2. The third kappa shape index (κ3) is 5.47. The number of benzene rings is 3. The van der Waals surface area contributed by atoms with Crippen molar-refractivity contribution >= 4 is 34.2 Å². The predicted molar refractivity (Wildman–Crippen MR) is 135 cm³/mol. The van der Waals surface area contributed by atoms with Crippen LogP contribution in [0.3, 0.4) is 0 Å². The van der Waals surface area contributed by atoms with E-state index >= 15 is 0 Å². The summed E-state index contributed by atoms with van der Waals surface area (Å²) in [4.78, 5) is 36.8. The molecule has 0 unspecified atom stereocenters. The van der Waals surface area contributed by atoms with Crippen molar-refractivity contribution in [3.8, 4) is 17.2 Å². The minimum absolute atomic E-state index is 0.306. The van der Waals surface area contributed by atoms with E-state index in [2.05, 4.69) is 10.6 Å². The van der Waals surface area contributed by atoms with E-state index in [-0.39, 0.29) is 12.5 Å². The van der Waals surface area contributed by atoms with Gasteiger partial charge in [0.2, 0.25) is 0 Å². The molecule has 2 N–H and O–H groups in total. The van der Waals surface area contributed by atoms with Crippen LogP contribution < -0.4 is 30.5 Å². The van der Waals surface area contributed by atoms with Gasteiger partial charge in [-0.25, -0.2) is 4.79 Å². The van der Waals surface area contributed by atoms with E-state index in [0.29, 0.717) is 39.8 Å². The van der Waals surface area contributed by atoms with Crippen LogP contribution >= 0.6 is 0 Å². The average Bonchev–Trinajstić information content (AvgIpc) is 2.88. The highest BCUT2D eigenvalue weighted by atomic mass is 16.5. The molecule has 2 amide bonds. The van der Waals surface area contributed by atoms with Crippen molar-refractivity contribution in [3.05, 3.63) is 88.3 Å². The Morgan fingerprint density at radius 2 is 1.53 bits per heavy atom. The quantitative estimate of drug-likeness (QED) is 0.354. The Morgan fingerprint density at radius 1 is 0.861 bits per heavy atom. The van der Waals surface area contributed by atoms with Crippen LogP contribution in [0.1, 0.15) is 15.9 Å². The Kier molecular flexibility index (Phi) is 7.20. The number of nitrogens with one attached hydrogen (secondary N) is 2. The first-order valence-corrected chi connectivity index (χ1v) is 11.0. The van der Waals surface area contributed by atoms with E-state index in [9.17, 15) is 14.4 Å². The van der Waals surface area contributed by atoms with E-state index in [4.69, 9.17) is 18.6 Å². The molecule has 0 saturated carbocycles. The van der Waals surface area contributed by atoms with Crippen molar-refractivity contribution in [2.75, 3.05) is 31.5 Å². The van der Waals surface area contributed by atoms with Gasteiger partial charge in [-0.05, 0) is 36.8 Å². The Labute approximate surface area is 206 Å². The van der Waals surface area contributed by atoms with Gasteiger partial charge in [0.15, 0.2) is 6.61 Å². The fourth-order valence-corrected chi connectivity index (χ4v) is 3.61. The highest BCUT2D eigenvalue weighted by molar-refractivity contribution is 6.05. The second-order valence-corrected chi connectivity index (χ2v) is 7.82. The molecular formula is C27H24N2O7. The number of hydrogen-bond donors (Lipinski definition) is 2.